The van der Waals surface area contributed by atoms with E-state index in [1.54, 1.807) is 6.92 Å². The molecule has 1 N–H and O–H groups in total. The van der Waals surface area contributed by atoms with Crippen molar-refractivity contribution in [1.82, 2.24) is 5.43 Å². The van der Waals surface area contributed by atoms with Crippen LogP contribution in [0.25, 0.3) is 0 Å². The Morgan fingerprint density at radius 3 is 3.15 bits per heavy atom. The molecule has 1 unspecified atom stereocenters. The number of rotatable bonds is 2. The molecule has 13 heavy (non-hydrogen) atoms. The zero-order valence-corrected chi connectivity index (χ0v) is 8.69. The second-order valence-electron chi connectivity index (χ2n) is 2.85. The van der Waals surface area contributed by atoms with Gasteiger partial charge in [-0.15, -0.1) is 0 Å². The molecule has 1 fully saturated rings. The lowest BCUT2D eigenvalue weighted by molar-refractivity contribution is 0.152. The van der Waals surface area contributed by atoms with Crippen LogP contribution in [0, 0.1) is 5.92 Å². The molecule has 1 aliphatic heterocycles. The molecule has 1 amide bonds. The van der Waals surface area contributed by atoms with Gasteiger partial charge in [-0.3, -0.25) is 0 Å². The number of ether oxygens (including phenoxy) is 1. The smallest absolute Gasteiger partial charge is 0.427 e. The van der Waals surface area contributed by atoms with Gasteiger partial charge >= 0.3 is 6.09 Å². The average molecular weight is 202 g/mol. The average Bonchev–Trinajstić information content (AvgIpc) is 2.48. The van der Waals surface area contributed by atoms with Gasteiger partial charge < -0.3 is 4.74 Å². The molecule has 0 saturated carbocycles. The molecule has 0 radical (unpaired) electrons. The van der Waals surface area contributed by atoms with E-state index in [1.807, 2.05) is 11.8 Å². The molecule has 1 rings (SSSR count). The highest BCUT2D eigenvalue weighted by molar-refractivity contribution is 8.00. The van der Waals surface area contributed by atoms with E-state index >= 15 is 0 Å². The van der Waals surface area contributed by atoms with Crippen molar-refractivity contribution < 1.29 is 9.53 Å². The maximum atomic E-state index is 10.9. The highest BCUT2D eigenvalue weighted by atomic mass is 32.2. The number of carbonyl (C=O) groups excluding carboxylic acids is 1. The first-order chi connectivity index (χ1) is 6.24. The van der Waals surface area contributed by atoms with E-state index in [9.17, 15) is 4.79 Å². The second kappa shape index (κ2) is 5.11. The predicted molar refractivity (Wildman–Crippen MR) is 54.1 cm³/mol. The Morgan fingerprint density at radius 1 is 1.85 bits per heavy atom. The highest BCUT2D eigenvalue weighted by Gasteiger charge is 2.18. The maximum Gasteiger partial charge on any atom is 0.427 e. The molecule has 1 atom stereocenters. The van der Waals surface area contributed by atoms with Crippen molar-refractivity contribution in [2.75, 3.05) is 18.1 Å². The molecule has 4 nitrogen and oxygen atoms in total. The summed E-state index contributed by atoms with van der Waals surface area (Å²) in [6, 6.07) is 0. The number of carbonyl (C=O) groups is 1. The Bertz CT molecular complexity index is 218. The van der Waals surface area contributed by atoms with Crippen LogP contribution in [0.5, 0.6) is 0 Å². The topological polar surface area (TPSA) is 50.7 Å². The van der Waals surface area contributed by atoms with Gasteiger partial charge in [0.05, 0.1) is 12.3 Å². The lowest BCUT2D eigenvalue weighted by atomic mass is 10.1. The SMILES string of the molecule is CCOC(=O)N/N=C1/CSCC1C. The van der Waals surface area contributed by atoms with Gasteiger partial charge in [-0.05, 0) is 6.92 Å². The minimum atomic E-state index is -0.473. The summed E-state index contributed by atoms with van der Waals surface area (Å²) in [5, 5.41) is 3.99. The van der Waals surface area contributed by atoms with Crippen LogP contribution in [0.2, 0.25) is 0 Å². The predicted octanol–water partition coefficient (Wildman–Crippen LogP) is 1.47. The molecule has 0 aliphatic carbocycles. The quantitative estimate of drug-likeness (QED) is 0.690. The molecular weight excluding hydrogens is 188 g/mol. The molecular formula is C8H14N2O2S. The summed E-state index contributed by atoms with van der Waals surface area (Å²) >= 11 is 1.83. The molecule has 1 saturated heterocycles. The summed E-state index contributed by atoms with van der Waals surface area (Å²) in [5.41, 5.74) is 3.41. The number of hydrazone groups is 1. The largest absolute Gasteiger partial charge is 0.449 e. The molecule has 1 heterocycles. The number of nitrogens with zero attached hydrogens (tertiary/aromatic N) is 1. The van der Waals surface area contributed by atoms with Crippen LogP contribution in [-0.4, -0.2) is 29.9 Å². The summed E-state index contributed by atoms with van der Waals surface area (Å²) in [6.07, 6.45) is -0.473. The standard InChI is InChI=1S/C8H14N2O2S/c1-3-12-8(11)10-9-7-5-13-4-6(7)2/h6H,3-5H2,1-2H3,(H,10,11)/b9-7-. The van der Waals surface area contributed by atoms with E-state index in [0.717, 1.165) is 17.2 Å². The van der Waals surface area contributed by atoms with Gasteiger partial charge in [-0.25, -0.2) is 10.2 Å². The lowest BCUT2D eigenvalue weighted by Gasteiger charge is -2.03. The van der Waals surface area contributed by atoms with E-state index in [2.05, 4.69) is 22.2 Å². The lowest BCUT2D eigenvalue weighted by Crippen LogP contribution is -2.22. The fourth-order valence-corrected chi connectivity index (χ4v) is 2.22. The van der Waals surface area contributed by atoms with Crippen molar-refractivity contribution in [3.8, 4) is 0 Å². The highest BCUT2D eigenvalue weighted by Crippen LogP contribution is 2.20. The minimum absolute atomic E-state index is 0.376. The number of hydrogen-bond acceptors (Lipinski definition) is 4. The monoisotopic (exact) mass is 202 g/mol. The van der Waals surface area contributed by atoms with E-state index in [4.69, 9.17) is 0 Å². The molecule has 1 aliphatic rings. The first kappa shape index (κ1) is 10.4. The maximum absolute atomic E-state index is 10.9. The van der Waals surface area contributed by atoms with E-state index < -0.39 is 6.09 Å². The Labute approximate surface area is 82.1 Å². The van der Waals surface area contributed by atoms with Gasteiger partial charge in [0.2, 0.25) is 0 Å². The van der Waals surface area contributed by atoms with Crippen molar-refractivity contribution in [2.45, 2.75) is 13.8 Å². The van der Waals surface area contributed by atoms with Gasteiger partial charge in [0.25, 0.3) is 0 Å². The van der Waals surface area contributed by atoms with Crippen LogP contribution < -0.4 is 5.43 Å². The zero-order chi connectivity index (χ0) is 9.68. The van der Waals surface area contributed by atoms with Crippen LogP contribution in [0.3, 0.4) is 0 Å². The minimum Gasteiger partial charge on any atom is -0.449 e. The normalized spacial score (nSPS) is 24.8. The van der Waals surface area contributed by atoms with Gasteiger partial charge in [0.15, 0.2) is 0 Å². The van der Waals surface area contributed by atoms with Crippen molar-refractivity contribution in [3.63, 3.8) is 0 Å². The van der Waals surface area contributed by atoms with Gasteiger partial charge in [-0.1, -0.05) is 6.92 Å². The number of amides is 1. The van der Waals surface area contributed by atoms with Gasteiger partial charge in [0, 0.05) is 17.4 Å². The molecule has 0 spiro atoms. The summed E-state index contributed by atoms with van der Waals surface area (Å²) in [6.45, 7) is 4.24. The van der Waals surface area contributed by atoms with E-state index in [0.29, 0.717) is 12.5 Å². The summed E-state index contributed by atoms with van der Waals surface area (Å²) in [4.78, 5) is 10.9. The van der Waals surface area contributed by atoms with Crippen molar-refractivity contribution in [2.24, 2.45) is 11.0 Å². The van der Waals surface area contributed by atoms with Crippen LogP contribution in [-0.2, 0) is 4.74 Å². The molecule has 0 aromatic carbocycles. The summed E-state index contributed by atoms with van der Waals surface area (Å²) in [7, 11) is 0. The Hall–Kier alpha value is -0.710. The van der Waals surface area contributed by atoms with Crippen LogP contribution in [0.1, 0.15) is 13.8 Å². The van der Waals surface area contributed by atoms with E-state index in [-0.39, 0.29) is 0 Å². The van der Waals surface area contributed by atoms with E-state index in [1.165, 1.54) is 0 Å². The van der Waals surface area contributed by atoms with Crippen molar-refractivity contribution >= 4 is 23.6 Å². The number of thioether (sulfide) groups is 1. The summed E-state index contributed by atoms with van der Waals surface area (Å²) < 4.78 is 4.67. The Balaban J connectivity index is 2.34. The molecule has 0 aromatic rings. The first-order valence-electron chi connectivity index (χ1n) is 4.31. The molecule has 0 bridgehead atoms. The second-order valence-corrected chi connectivity index (χ2v) is 3.88. The van der Waals surface area contributed by atoms with Gasteiger partial charge in [-0.2, -0.15) is 16.9 Å². The third kappa shape index (κ3) is 3.26. The summed E-state index contributed by atoms with van der Waals surface area (Å²) in [5.74, 6) is 2.46. The van der Waals surface area contributed by atoms with Crippen molar-refractivity contribution in [1.29, 1.82) is 0 Å². The fraction of sp³-hybridized carbons (Fsp3) is 0.750. The Morgan fingerprint density at radius 2 is 2.62 bits per heavy atom. The van der Waals surface area contributed by atoms with Crippen LogP contribution in [0.4, 0.5) is 4.79 Å². The van der Waals surface area contributed by atoms with Crippen LogP contribution >= 0.6 is 11.8 Å². The molecule has 0 aromatic heterocycles. The van der Waals surface area contributed by atoms with Crippen LogP contribution in [0.15, 0.2) is 5.10 Å². The first-order valence-corrected chi connectivity index (χ1v) is 5.46. The van der Waals surface area contributed by atoms with Gasteiger partial charge in [0.1, 0.15) is 0 Å². The Kier molecular flexibility index (Phi) is 4.08. The zero-order valence-electron chi connectivity index (χ0n) is 7.87. The molecule has 74 valence electrons. The fourth-order valence-electron chi connectivity index (χ4n) is 1.00. The van der Waals surface area contributed by atoms with Crippen molar-refractivity contribution in [3.05, 3.63) is 0 Å². The number of nitrogens with one attached hydrogen (secondary N) is 1. The number of hydrogen-bond donors (Lipinski definition) is 1. The third-order valence-corrected chi connectivity index (χ3v) is 2.99. The third-order valence-electron chi connectivity index (χ3n) is 1.75. The molecule has 5 heteroatoms.